The van der Waals surface area contributed by atoms with Crippen molar-refractivity contribution >= 4 is 17.4 Å². The number of hydrogen-bond acceptors (Lipinski definition) is 3. The molecule has 1 spiro atoms. The molecule has 0 amide bonds. The van der Waals surface area contributed by atoms with E-state index in [9.17, 15) is 0 Å². The zero-order valence-electron chi connectivity index (χ0n) is 11.1. The van der Waals surface area contributed by atoms with Gasteiger partial charge in [0.15, 0.2) is 0 Å². The maximum absolute atomic E-state index is 4.78. The molecule has 2 fully saturated rings. The van der Waals surface area contributed by atoms with Gasteiger partial charge in [0.05, 0.1) is 10.7 Å². The highest BCUT2D eigenvalue weighted by Crippen LogP contribution is 2.56. The van der Waals surface area contributed by atoms with Gasteiger partial charge in [-0.25, -0.2) is 4.98 Å². The SMILES string of the molecule is C=C/C=C\c1nc(C2CC3(C2)CN(C)C3)sc1C. The first-order valence-corrected chi connectivity index (χ1v) is 7.38. The molecule has 0 unspecified atom stereocenters. The minimum absolute atomic E-state index is 0.649. The van der Waals surface area contributed by atoms with E-state index in [-0.39, 0.29) is 0 Å². The lowest BCUT2D eigenvalue weighted by molar-refractivity contribution is -0.0584. The summed E-state index contributed by atoms with van der Waals surface area (Å²) in [5.74, 6) is 0.716. The number of nitrogens with zero attached hydrogens (tertiary/aromatic N) is 2. The van der Waals surface area contributed by atoms with E-state index in [2.05, 4.69) is 31.5 Å². The van der Waals surface area contributed by atoms with Crippen LogP contribution in [-0.2, 0) is 0 Å². The standard InChI is InChI=1S/C15H20N2S/c1-4-5-6-13-11(2)18-14(16-13)12-7-15(8-12)9-17(3)10-15/h4-6,12H,1,7-10H2,2-3H3/b6-5-. The van der Waals surface area contributed by atoms with Crippen LogP contribution in [0.2, 0.25) is 0 Å². The van der Waals surface area contributed by atoms with Gasteiger partial charge in [-0.2, -0.15) is 0 Å². The monoisotopic (exact) mass is 260 g/mol. The average Bonchev–Trinajstić information content (AvgIpc) is 2.60. The number of aryl methyl sites for hydroxylation is 1. The smallest absolute Gasteiger partial charge is 0.0966 e. The Morgan fingerprint density at radius 1 is 1.44 bits per heavy atom. The molecule has 1 aliphatic carbocycles. The van der Waals surface area contributed by atoms with Crippen LogP contribution in [0.15, 0.2) is 18.7 Å². The Hall–Kier alpha value is -0.930. The molecule has 0 aromatic carbocycles. The molecule has 2 heterocycles. The van der Waals surface area contributed by atoms with Crippen molar-refractivity contribution in [2.45, 2.75) is 25.7 Å². The third-order valence-corrected chi connectivity index (χ3v) is 5.31. The van der Waals surface area contributed by atoms with Crippen LogP contribution in [0.4, 0.5) is 0 Å². The van der Waals surface area contributed by atoms with Crippen LogP contribution >= 0.6 is 11.3 Å². The number of likely N-dealkylation sites (tertiary alicyclic amines) is 1. The van der Waals surface area contributed by atoms with Crippen molar-refractivity contribution in [1.29, 1.82) is 0 Å². The first-order valence-electron chi connectivity index (χ1n) is 6.57. The first kappa shape index (κ1) is 12.1. The summed E-state index contributed by atoms with van der Waals surface area (Å²) >= 11 is 1.87. The maximum atomic E-state index is 4.78. The van der Waals surface area contributed by atoms with Crippen molar-refractivity contribution in [1.82, 2.24) is 9.88 Å². The molecule has 1 saturated carbocycles. The zero-order chi connectivity index (χ0) is 12.8. The Labute approximate surface area is 113 Å². The van der Waals surface area contributed by atoms with E-state index in [0.717, 1.165) is 5.69 Å². The highest BCUT2D eigenvalue weighted by molar-refractivity contribution is 7.11. The molecule has 2 aliphatic rings. The predicted molar refractivity (Wildman–Crippen MR) is 78.0 cm³/mol. The van der Waals surface area contributed by atoms with E-state index in [1.165, 1.54) is 35.8 Å². The van der Waals surface area contributed by atoms with Crippen LogP contribution in [0.1, 0.15) is 34.3 Å². The Morgan fingerprint density at radius 2 is 2.17 bits per heavy atom. The number of thiazole rings is 1. The predicted octanol–water partition coefficient (Wildman–Crippen LogP) is 3.46. The van der Waals surface area contributed by atoms with Gasteiger partial charge in [0.1, 0.15) is 0 Å². The molecule has 3 rings (SSSR count). The Bertz CT molecular complexity index is 487. The summed E-state index contributed by atoms with van der Waals surface area (Å²) in [5, 5.41) is 1.34. The molecule has 0 atom stereocenters. The lowest BCUT2D eigenvalue weighted by atomic mass is 9.58. The zero-order valence-corrected chi connectivity index (χ0v) is 12.0. The molecule has 1 saturated heterocycles. The molecule has 1 aromatic rings. The van der Waals surface area contributed by atoms with Gasteiger partial charge in [-0.3, -0.25) is 0 Å². The molecule has 1 aliphatic heterocycles. The molecular formula is C15H20N2S. The highest BCUT2D eigenvalue weighted by Gasteiger charge is 2.52. The summed E-state index contributed by atoms with van der Waals surface area (Å²) in [6, 6.07) is 0. The second-order valence-electron chi connectivity index (χ2n) is 5.87. The van der Waals surface area contributed by atoms with Gasteiger partial charge in [0, 0.05) is 23.9 Å². The van der Waals surface area contributed by atoms with Gasteiger partial charge in [0.2, 0.25) is 0 Å². The van der Waals surface area contributed by atoms with Crippen molar-refractivity contribution < 1.29 is 0 Å². The molecule has 18 heavy (non-hydrogen) atoms. The molecule has 1 aromatic heterocycles. The third-order valence-electron chi connectivity index (χ3n) is 4.16. The molecule has 0 N–H and O–H groups in total. The average molecular weight is 260 g/mol. The van der Waals surface area contributed by atoms with Crippen molar-refractivity contribution in [3.8, 4) is 0 Å². The van der Waals surface area contributed by atoms with Gasteiger partial charge < -0.3 is 4.90 Å². The summed E-state index contributed by atoms with van der Waals surface area (Å²) in [6.45, 7) is 8.44. The summed E-state index contributed by atoms with van der Waals surface area (Å²) in [4.78, 5) is 8.53. The molecule has 2 nitrogen and oxygen atoms in total. The highest BCUT2D eigenvalue weighted by atomic mass is 32.1. The Kier molecular flexibility index (Phi) is 2.91. The summed E-state index contributed by atoms with van der Waals surface area (Å²) in [7, 11) is 2.21. The third kappa shape index (κ3) is 1.95. The van der Waals surface area contributed by atoms with Crippen LogP contribution in [-0.4, -0.2) is 30.0 Å². The van der Waals surface area contributed by atoms with E-state index in [1.807, 2.05) is 17.4 Å². The topological polar surface area (TPSA) is 16.1 Å². The minimum atomic E-state index is 0.649. The van der Waals surface area contributed by atoms with Gasteiger partial charge in [-0.1, -0.05) is 18.7 Å². The fourth-order valence-electron chi connectivity index (χ4n) is 3.44. The fraction of sp³-hybridized carbons (Fsp3) is 0.533. The van der Waals surface area contributed by atoms with E-state index >= 15 is 0 Å². The van der Waals surface area contributed by atoms with Crippen LogP contribution in [0, 0.1) is 12.3 Å². The number of hydrogen-bond donors (Lipinski definition) is 0. The lowest BCUT2D eigenvalue weighted by Crippen LogP contribution is -2.59. The van der Waals surface area contributed by atoms with Gasteiger partial charge >= 0.3 is 0 Å². The quantitative estimate of drug-likeness (QED) is 0.774. The second-order valence-corrected chi connectivity index (χ2v) is 7.10. The molecule has 3 heteroatoms. The second kappa shape index (κ2) is 4.32. The van der Waals surface area contributed by atoms with Gasteiger partial charge in [0.25, 0.3) is 0 Å². The molecule has 0 bridgehead atoms. The van der Waals surface area contributed by atoms with Crippen molar-refractivity contribution in [3.63, 3.8) is 0 Å². The van der Waals surface area contributed by atoms with Crippen LogP contribution in [0.25, 0.3) is 6.08 Å². The number of aromatic nitrogens is 1. The minimum Gasteiger partial charge on any atom is -0.305 e. The normalized spacial score (nSPS) is 23.2. The molecule has 0 radical (unpaired) electrons. The summed E-state index contributed by atoms with van der Waals surface area (Å²) in [6.07, 6.45) is 8.52. The number of rotatable bonds is 3. The fourth-order valence-corrected chi connectivity index (χ4v) is 4.44. The molecular weight excluding hydrogens is 240 g/mol. The summed E-state index contributed by atoms with van der Waals surface area (Å²) < 4.78 is 0. The van der Waals surface area contributed by atoms with Crippen LogP contribution in [0.5, 0.6) is 0 Å². The van der Waals surface area contributed by atoms with E-state index < -0.39 is 0 Å². The largest absolute Gasteiger partial charge is 0.305 e. The summed E-state index contributed by atoms with van der Waals surface area (Å²) in [5.41, 5.74) is 1.78. The van der Waals surface area contributed by atoms with Crippen LogP contribution < -0.4 is 0 Å². The van der Waals surface area contributed by atoms with E-state index in [1.54, 1.807) is 6.08 Å². The lowest BCUT2D eigenvalue weighted by Gasteiger charge is -2.58. The molecule has 96 valence electrons. The van der Waals surface area contributed by atoms with Crippen LogP contribution in [0.3, 0.4) is 0 Å². The van der Waals surface area contributed by atoms with Gasteiger partial charge in [-0.15, -0.1) is 11.3 Å². The van der Waals surface area contributed by atoms with E-state index in [0.29, 0.717) is 11.3 Å². The number of allylic oxidation sites excluding steroid dienone is 2. The van der Waals surface area contributed by atoms with Crippen molar-refractivity contribution in [2.24, 2.45) is 5.41 Å². The maximum Gasteiger partial charge on any atom is 0.0966 e. The van der Waals surface area contributed by atoms with Gasteiger partial charge in [-0.05, 0) is 38.3 Å². The Balaban J connectivity index is 1.68. The Morgan fingerprint density at radius 3 is 2.78 bits per heavy atom. The van der Waals surface area contributed by atoms with Crippen molar-refractivity contribution in [3.05, 3.63) is 34.3 Å². The van der Waals surface area contributed by atoms with E-state index in [4.69, 9.17) is 4.98 Å². The van der Waals surface area contributed by atoms with Crippen molar-refractivity contribution in [2.75, 3.05) is 20.1 Å². The first-order chi connectivity index (χ1) is 8.62.